The first-order valence-electron chi connectivity index (χ1n) is 8.44. The lowest BCUT2D eigenvalue weighted by atomic mass is 9.99. The van der Waals surface area contributed by atoms with Crippen LogP contribution in [0.1, 0.15) is 37.0 Å². The summed E-state index contributed by atoms with van der Waals surface area (Å²) in [5.74, 6) is 0. The summed E-state index contributed by atoms with van der Waals surface area (Å²) < 4.78 is 4.89. The molecule has 0 saturated carbocycles. The van der Waals surface area contributed by atoms with E-state index < -0.39 is 6.09 Å². The van der Waals surface area contributed by atoms with Crippen molar-refractivity contribution >= 4 is 11.8 Å². The normalized spacial score (nSPS) is 14.0. The fourth-order valence-electron chi connectivity index (χ4n) is 3.16. The number of hydrogen-bond acceptors (Lipinski definition) is 5. The monoisotopic (exact) mass is 331 g/mol. The molecule has 1 amide bonds. The number of rotatable bonds is 7. The molecule has 0 aromatic heterocycles. The predicted octanol–water partition coefficient (Wildman–Crippen LogP) is 1.98. The quantitative estimate of drug-likeness (QED) is 0.798. The molecule has 6 heteroatoms. The molecule has 1 aliphatic heterocycles. The lowest BCUT2D eigenvalue weighted by Crippen LogP contribution is -2.34. The summed E-state index contributed by atoms with van der Waals surface area (Å²) in [6, 6.07) is 6.25. The van der Waals surface area contributed by atoms with Crippen LogP contribution < -0.4 is 10.2 Å². The van der Waals surface area contributed by atoms with Crippen molar-refractivity contribution in [2.75, 3.05) is 31.2 Å². The Bertz CT molecular complexity index is 625. The van der Waals surface area contributed by atoms with Crippen LogP contribution in [0, 0.1) is 11.3 Å². The molecule has 0 spiro atoms. The van der Waals surface area contributed by atoms with Crippen LogP contribution in [0.4, 0.5) is 10.5 Å². The lowest BCUT2D eigenvalue weighted by Gasteiger charge is -2.21. The average Bonchev–Trinajstić information content (AvgIpc) is 2.95. The fraction of sp³-hybridized carbons (Fsp3) is 0.556. The van der Waals surface area contributed by atoms with Crippen molar-refractivity contribution < 1.29 is 14.6 Å². The Kier molecular flexibility index (Phi) is 6.44. The van der Waals surface area contributed by atoms with E-state index in [9.17, 15) is 10.1 Å². The van der Waals surface area contributed by atoms with Crippen LogP contribution in [0.25, 0.3) is 0 Å². The fourth-order valence-corrected chi connectivity index (χ4v) is 3.16. The number of fused-ring (bicyclic) bond motifs is 1. The van der Waals surface area contributed by atoms with Gasteiger partial charge in [-0.2, -0.15) is 5.26 Å². The Morgan fingerprint density at radius 3 is 3.00 bits per heavy atom. The molecule has 1 aliphatic rings. The molecule has 1 heterocycles. The molecule has 1 atom stereocenters. The van der Waals surface area contributed by atoms with Crippen LogP contribution in [0.2, 0.25) is 0 Å². The highest BCUT2D eigenvalue weighted by Crippen LogP contribution is 2.33. The van der Waals surface area contributed by atoms with Crippen LogP contribution in [0.3, 0.4) is 0 Å². The molecular weight excluding hydrogens is 306 g/mol. The predicted molar refractivity (Wildman–Crippen MR) is 92.1 cm³/mol. The smallest absolute Gasteiger partial charge is 0.407 e. The van der Waals surface area contributed by atoms with Crippen LogP contribution in [0.15, 0.2) is 12.1 Å². The van der Waals surface area contributed by atoms with Gasteiger partial charge in [0.25, 0.3) is 0 Å². The van der Waals surface area contributed by atoms with E-state index in [2.05, 4.69) is 22.4 Å². The van der Waals surface area contributed by atoms with Gasteiger partial charge in [0.2, 0.25) is 0 Å². The van der Waals surface area contributed by atoms with Gasteiger partial charge in [-0.15, -0.1) is 0 Å². The Hall–Kier alpha value is -2.26. The van der Waals surface area contributed by atoms with Crippen molar-refractivity contribution in [1.82, 2.24) is 5.32 Å². The van der Waals surface area contributed by atoms with E-state index in [-0.39, 0.29) is 12.6 Å². The molecule has 0 aliphatic carbocycles. The maximum Gasteiger partial charge on any atom is 0.407 e. The van der Waals surface area contributed by atoms with Crippen molar-refractivity contribution in [3.05, 3.63) is 28.8 Å². The number of aliphatic hydroxyl groups is 1. The molecule has 0 saturated heterocycles. The molecule has 6 nitrogen and oxygen atoms in total. The number of carbonyl (C=O) groups excluding carboxylic acids is 1. The molecule has 0 radical (unpaired) electrons. The van der Waals surface area contributed by atoms with Crippen LogP contribution >= 0.6 is 0 Å². The number of benzene rings is 1. The highest BCUT2D eigenvalue weighted by Gasteiger charge is 2.23. The van der Waals surface area contributed by atoms with Crippen molar-refractivity contribution in [2.45, 2.75) is 39.2 Å². The standard InChI is InChI=1S/C18H25N3O3/c1-3-24-18(23)20-13(2)9-14-10-15-5-7-21(6-4-8-22)17(15)16(11-14)12-19/h10-11,13,22H,3-9H2,1-2H3,(H,20,23)/t13-/m1/s1. The van der Waals surface area contributed by atoms with Gasteiger partial charge in [-0.05, 0) is 50.3 Å². The number of nitrogens with zero attached hydrogens (tertiary/aromatic N) is 2. The molecular formula is C18H25N3O3. The second kappa shape index (κ2) is 8.55. The van der Waals surface area contributed by atoms with Gasteiger partial charge < -0.3 is 20.1 Å². The number of hydrogen-bond donors (Lipinski definition) is 2. The van der Waals surface area contributed by atoms with E-state index in [4.69, 9.17) is 9.84 Å². The summed E-state index contributed by atoms with van der Waals surface area (Å²) in [6.45, 7) is 5.83. The summed E-state index contributed by atoms with van der Waals surface area (Å²) in [5, 5.41) is 21.3. The third-order valence-electron chi connectivity index (χ3n) is 4.10. The zero-order valence-corrected chi connectivity index (χ0v) is 14.3. The Morgan fingerprint density at radius 1 is 1.54 bits per heavy atom. The van der Waals surface area contributed by atoms with Gasteiger partial charge in [0.05, 0.1) is 17.9 Å². The minimum atomic E-state index is -0.415. The van der Waals surface area contributed by atoms with E-state index in [1.807, 2.05) is 13.0 Å². The summed E-state index contributed by atoms with van der Waals surface area (Å²) in [4.78, 5) is 13.7. The number of amides is 1. The van der Waals surface area contributed by atoms with Crippen LogP contribution in [0.5, 0.6) is 0 Å². The van der Waals surface area contributed by atoms with Crippen molar-refractivity contribution in [3.63, 3.8) is 0 Å². The molecule has 0 bridgehead atoms. The summed E-state index contributed by atoms with van der Waals surface area (Å²) in [5.41, 5.74) is 3.88. The minimum absolute atomic E-state index is 0.0689. The van der Waals surface area contributed by atoms with Crippen LogP contribution in [-0.2, 0) is 17.6 Å². The highest BCUT2D eigenvalue weighted by molar-refractivity contribution is 5.69. The number of aliphatic hydroxyl groups excluding tert-OH is 1. The van der Waals surface area contributed by atoms with Gasteiger partial charge in [-0.1, -0.05) is 6.07 Å². The maximum absolute atomic E-state index is 11.5. The molecule has 0 fully saturated rings. The number of nitrogens with one attached hydrogen (secondary N) is 1. The topological polar surface area (TPSA) is 85.6 Å². The minimum Gasteiger partial charge on any atom is -0.450 e. The first kappa shape index (κ1) is 18.1. The molecule has 24 heavy (non-hydrogen) atoms. The Balaban J connectivity index is 2.11. The second-order valence-electron chi connectivity index (χ2n) is 6.05. The molecule has 1 aromatic carbocycles. The average molecular weight is 331 g/mol. The summed E-state index contributed by atoms with van der Waals surface area (Å²) in [6.07, 6.45) is 1.84. The molecule has 2 N–H and O–H groups in total. The third-order valence-corrected chi connectivity index (χ3v) is 4.10. The first-order chi connectivity index (χ1) is 11.6. The number of ether oxygens (including phenoxy) is 1. The molecule has 130 valence electrons. The Morgan fingerprint density at radius 2 is 2.33 bits per heavy atom. The summed E-state index contributed by atoms with van der Waals surface area (Å²) >= 11 is 0. The van der Waals surface area contributed by atoms with Gasteiger partial charge >= 0.3 is 6.09 Å². The Labute approximate surface area is 143 Å². The van der Waals surface area contributed by atoms with Gasteiger partial charge in [0.1, 0.15) is 6.07 Å². The van der Waals surface area contributed by atoms with Crippen molar-refractivity contribution in [2.24, 2.45) is 0 Å². The van der Waals surface area contributed by atoms with Crippen molar-refractivity contribution in [3.8, 4) is 6.07 Å². The van der Waals surface area contributed by atoms with Crippen LogP contribution in [-0.4, -0.2) is 43.5 Å². The number of nitriles is 1. The zero-order chi connectivity index (χ0) is 17.5. The largest absolute Gasteiger partial charge is 0.450 e. The van der Waals surface area contributed by atoms with E-state index in [0.717, 1.165) is 30.8 Å². The van der Waals surface area contributed by atoms with E-state index in [0.29, 0.717) is 25.0 Å². The lowest BCUT2D eigenvalue weighted by molar-refractivity contribution is 0.149. The van der Waals surface area contributed by atoms with Crippen molar-refractivity contribution in [1.29, 1.82) is 5.26 Å². The van der Waals surface area contributed by atoms with Gasteiger partial charge in [-0.25, -0.2) is 4.79 Å². The van der Waals surface area contributed by atoms with E-state index in [1.165, 1.54) is 5.56 Å². The SMILES string of the molecule is CCOC(=O)N[C@H](C)Cc1cc(C#N)c2c(c1)CCN2CCCO. The highest BCUT2D eigenvalue weighted by atomic mass is 16.5. The molecule has 1 aromatic rings. The first-order valence-corrected chi connectivity index (χ1v) is 8.44. The second-order valence-corrected chi connectivity index (χ2v) is 6.05. The number of anilines is 1. The zero-order valence-electron chi connectivity index (χ0n) is 14.3. The summed E-state index contributed by atoms with van der Waals surface area (Å²) in [7, 11) is 0. The molecule has 0 unspecified atom stereocenters. The van der Waals surface area contributed by atoms with Gasteiger partial charge in [-0.3, -0.25) is 0 Å². The number of alkyl carbamates (subject to hydrolysis) is 1. The van der Waals surface area contributed by atoms with Gasteiger partial charge in [0.15, 0.2) is 0 Å². The van der Waals surface area contributed by atoms with Gasteiger partial charge in [0, 0.05) is 25.7 Å². The molecule has 2 rings (SSSR count). The maximum atomic E-state index is 11.5. The number of carbonyl (C=O) groups is 1. The van der Waals surface area contributed by atoms with E-state index >= 15 is 0 Å². The third kappa shape index (κ3) is 4.39. The van der Waals surface area contributed by atoms with E-state index in [1.54, 1.807) is 6.92 Å².